The van der Waals surface area contributed by atoms with Crippen LogP contribution in [0.1, 0.15) is 44.9 Å². The second kappa shape index (κ2) is 6.11. The van der Waals surface area contributed by atoms with Crippen LogP contribution in [0, 0.1) is 5.92 Å². The number of piperidine rings is 1. The first kappa shape index (κ1) is 13.8. The van der Waals surface area contributed by atoms with E-state index in [1.54, 1.807) is 0 Å². The highest BCUT2D eigenvalue weighted by Crippen LogP contribution is 2.31. The van der Waals surface area contributed by atoms with Gasteiger partial charge in [0.25, 0.3) is 0 Å². The third-order valence-corrected chi connectivity index (χ3v) is 5.62. The fourth-order valence-electron chi connectivity index (χ4n) is 4.37. The Bertz CT molecular complexity index is 272. The van der Waals surface area contributed by atoms with E-state index in [0.717, 1.165) is 5.92 Å². The van der Waals surface area contributed by atoms with Crippen LogP contribution in [0.15, 0.2) is 0 Å². The Hall–Kier alpha value is -0.120. The molecule has 3 heteroatoms. The Morgan fingerprint density at radius 2 is 1.79 bits per heavy atom. The molecule has 19 heavy (non-hydrogen) atoms. The van der Waals surface area contributed by atoms with Gasteiger partial charge in [0.2, 0.25) is 0 Å². The molecule has 0 aromatic carbocycles. The van der Waals surface area contributed by atoms with Crippen LogP contribution in [0.25, 0.3) is 0 Å². The Kier molecular flexibility index (Phi) is 4.45. The third-order valence-electron chi connectivity index (χ3n) is 5.62. The SMILES string of the molecule is CN1CCC(CN2CCNC3(CCCCC3)C2)CC1. The lowest BCUT2D eigenvalue weighted by Crippen LogP contribution is -2.61. The second-order valence-corrected chi connectivity index (χ2v) is 7.25. The molecule has 0 aromatic rings. The molecule has 3 nitrogen and oxygen atoms in total. The van der Waals surface area contributed by atoms with Crippen molar-refractivity contribution in [2.75, 3.05) is 46.3 Å². The summed E-state index contributed by atoms with van der Waals surface area (Å²) in [7, 11) is 2.26. The van der Waals surface area contributed by atoms with Crippen LogP contribution in [0.5, 0.6) is 0 Å². The first-order valence-corrected chi connectivity index (χ1v) is 8.42. The number of nitrogens with one attached hydrogen (secondary N) is 1. The summed E-state index contributed by atoms with van der Waals surface area (Å²) in [5.41, 5.74) is 0.488. The summed E-state index contributed by atoms with van der Waals surface area (Å²) in [4.78, 5) is 5.26. The summed E-state index contributed by atoms with van der Waals surface area (Å²) in [6, 6.07) is 0. The zero-order valence-corrected chi connectivity index (χ0v) is 12.7. The molecule has 3 aliphatic rings. The summed E-state index contributed by atoms with van der Waals surface area (Å²) >= 11 is 0. The summed E-state index contributed by atoms with van der Waals surface area (Å²) in [6.45, 7) is 7.78. The molecular weight excluding hydrogens is 234 g/mol. The van der Waals surface area contributed by atoms with Crippen molar-refractivity contribution >= 4 is 0 Å². The highest BCUT2D eigenvalue weighted by Gasteiger charge is 2.36. The van der Waals surface area contributed by atoms with Gasteiger partial charge in [0.05, 0.1) is 0 Å². The van der Waals surface area contributed by atoms with E-state index in [1.165, 1.54) is 84.2 Å². The van der Waals surface area contributed by atoms with Crippen LogP contribution in [-0.2, 0) is 0 Å². The van der Waals surface area contributed by atoms with Gasteiger partial charge in [-0.15, -0.1) is 0 Å². The van der Waals surface area contributed by atoms with Gasteiger partial charge in [0, 0.05) is 31.7 Å². The second-order valence-electron chi connectivity index (χ2n) is 7.25. The standard InChI is InChI=1S/C16H31N3/c1-18-10-5-15(6-11-18)13-19-12-9-17-16(14-19)7-3-2-4-8-16/h15,17H,2-14H2,1H3. The lowest BCUT2D eigenvalue weighted by molar-refractivity contribution is 0.0754. The quantitative estimate of drug-likeness (QED) is 0.823. The van der Waals surface area contributed by atoms with E-state index in [4.69, 9.17) is 0 Å². The smallest absolute Gasteiger partial charge is 0.0309 e. The predicted molar refractivity (Wildman–Crippen MR) is 80.5 cm³/mol. The van der Waals surface area contributed by atoms with Gasteiger partial charge < -0.3 is 10.2 Å². The molecule has 1 spiro atoms. The monoisotopic (exact) mass is 265 g/mol. The van der Waals surface area contributed by atoms with Gasteiger partial charge in [-0.05, 0) is 51.7 Å². The molecule has 3 rings (SSSR count). The van der Waals surface area contributed by atoms with Crippen LogP contribution < -0.4 is 5.32 Å². The average Bonchev–Trinajstić information content (AvgIpc) is 2.42. The normalized spacial score (nSPS) is 30.8. The lowest BCUT2D eigenvalue weighted by Gasteiger charge is -2.47. The van der Waals surface area contributed by atoms with Gasteiger partial charge in [-0.3, -0.25) is 4.90 Å². The van der Waals surface area contributed by atoms with E-state index in [1.807, 2.05) is 0 Å². The molecular formula is C16H31N3. The Balaban J connectivity index is 1.50. The number of hydrogen-bond acceptors (Lipinski definition) is 3. The molecule has 1 saturated carbocycles. The van der Waals surface area contributed by atoms with E-state index in [9.17, 15) is 0 Å². The summed E-state index contributed by atoms with van der Waals surface area (Å²) in [5.74, 6) is 0.954. The highest BCUT2D eigenvalue weighted by molar-refractivity contribution is 4.97. The first-order chi connectivity index (χ1) is 9.26. The highest BCUT2D eigenvalue weighted by atomic mass is 15.2. The van der Waals surface area contributed by atoms with Crippen LogP contribution in [0.2, 0.25) is 0 Å². The summed E-state index contributed by atoms with van der Waals surface area (Å²) in [6.07, 6.45) is 9.98. The summed E-state index contributed by atoms with van der Waals surface area (Å²) < 4.78 is 0. The molecule has 0 radical (unpaired) electrons. The van der Waals surface area contributed by atoms with Crippen LogP contribution in [0.4, 0.5) is 0 Å². The van der Waals surface area contributed by atoms with Crippen molar-refractivity contribution in [2.45, 2.75) is 50.5 Å². The minimum atomic E-state index is 0.488. The molecule has 0 amide bonds. The first-order valence-electron chi connectivity index (χ1n) is 8.42. The van der Waals surface area contributed by atoms with E-state index < -0.39 is 0 Å². The molecule has 110 valence electrons. The Morgan fingerprint density at radius 3 is 2.53 bits per heavy atom. The van der Waals surface area contributed by atoms with Gasteiger partial charge in [0.1, 0.15) is 0 Å². The van der Waals surface area contributed by atoms with Gasteiger partial charge in [0.15, 0.2) is 0 Å². The number of piperazine rings is 1. The fraction of sp³-hybridized carbons (Fsp3) is 1.00. The molecule has 2 saturated heterocycles. The average molecular weight is 265 g/mol. The van der Waals surface area contributed by atoms with E-state index in [0.29, 0.717) is 5.54 Å². The topological polar surface area (TPSA) is 18.5 Å². The van der Waals surface area contributed by atoms with Gasteiger partial charge in [-0.2, -0.15) is 0 Å². The maximum atomic E-state index is 3.86. The van der Waals surface area contributed by atoms with E-state index in [-0.39, 0.29) is 0 Å². The zero-order valence-electron chi connectivity index (χ0n) is 12.7. The van der Waals surface area contributed by atoms with Crippen LogP contribution in [0.3, 0.4) is 0 Å². The Labute approximate surface area is 118 Å². The van der Waals surface area contributed by atoms with E-state index in [2.05, 4.69) is 22.2 Å². The van der Waals surface area contributed by atoms with Crippen molar-refractivity contribution in [3.63, 3.8) is 0 Å². The van der Waals surface area contributed by atoms with Crippen LogP contribution >= 0.6 is 0 Å². The number of likely N-dealkylation sites (tertiary alicyclic amines) is 1. The van der Waals surface area contributed by atoms with E-state index >= 15 is 0 Å². The van der Waals surface area contributed by atoms with Crippen molar-refractivity contribution in [1.82, 2.24) is 15.1 Å². The van der Waals surface area contributed by atoms with Gasteiger partial charge >= 0.3 is 0 Å². The predicted octanol–water partition coefficient (Wildman–Crippen LogP) is 1.94. The molecule has 1 N–H and O–H groups in total. The largest absolute Gasteiger partial charge is 0.309 e. The fourth-order valence-corrected chi connectivity index (χ4v) is 4.37. The lowest BCUT2D eigenvalue weighted by atomic mass is 9.80. The third kappa shape index (κ3) is 3.50. The molecule has 0 aromatic heterocycles. The molecule has 0 unspecified atom stereocenters. The zero-order chi connectivity index (χ0) is 13.1. The minimum absolute atomic E-state index is 0.488. The van der Waals surface area contributed by atoms with Crippen molar-refractivity contribution in [2.24, 2.45) is 5.92 Å². The number of hydrogen-bond donors (Lipinski definition) is 1. The molecule has 2 aliphatic heterocycles. The van der Waals surface area contributed by atoms with Crippen molar-refractivity contribution in [3.8, 4) is 0 Å². The minimum Gasteiger partial charge on any atom is -0.309 e. The number of rotatable bonds is 2. The Morgan fingerprint density at radius 1 is 1.05 bits per heavy atom. The summed E-state index contributed by atoms with van der Waals surface area (Å²) in [5, 5.41) is 3.86. The van der Waals surface area contributed by atoms with Crippen LogP contribution in [-0.4, -0.2) is 61.7 Å². The molecule has 3 fully saturated rings. The van der Waals surface area contributed by atoms with Gasteiger partial charge in [-0.25, -0.2) is 0 Å². The van der Waals surface area contributed by atoms with Crippen molar-refractivity contribution in [3.05, 3.63) is 0 Å². The number of nitrogens with zero attached hydrogens (tertiary/aromatic N) is 2. The molecule has 1 aliphatic carbocycles. The molecule has 2 heterocycles. The van der Waals surface area contributed by atoms with Gasteiger partial charge in [-0.1, -0.05) is 19.3 Å². The maximum Gasteiger partial charge on any atom is 0.0309 e. The molecule has 0 bridgehead atoms. The van der Waals surface area contributed by atoms with Crippen molar-refractivity contribution in [1.29, 1.82) is 0 Å². The maximum absolute atomic E-state index is 3.86. The molecule has 0 atom stereocenters. The van der Waals surface area contributed by atoms with Crippen molar-refractivity contribution < 1.29 is 0 Å².